The molecule has 0 radical (unpaired) electrons. The Balaban J connectivity index is 1.55. The fourth-order valence-electron chi connectivity index (χ4n) is 3.32. The lowest BCUT2D eigenvalue weighted by Gasteiger charge is -2.43. The third-order valence-corrected chi connectivity index (χ3v) is 4.92. The number of carbonyl (C=O) groups is 1. The number of nitrogens with zero attached hydrogens (tertiary/aromatic N) is 2. The maximum Gasteiger partial charge on any atom is 0.224 e. The Hall–Kier alpha value is -1.10. The molecule has 1 amide bonds. The second-order valence-corrected chi connectivity index (χ2v) is 6.30. The zero-order valence-electron chi connectivity index (χ0n) is 12.3. The molecule has 2 aliphatic rings. The molecule has 5 heteroatoms. The van der Waals surface area contributed by atoms with Crippen LogP contribution in [0.4, 0.5) is 0 Å². The van der Waals surface area contributed by atoms with E-state index in [0.717, 1.165) is 31.2 Å². The maximum absolute atomic E-state index is 12.0. The summed E-state index contributed by atoms with van der Waals surface area (Å²) in [5, 5.41) is 0.826. The van der Waals surface area contributed by atoms with Crippen molar-refractivity contribution < 1.29 is 9.53 Å². The Labute approximate surface area is 130 Å². The Morgan fingerprint density at radius 2 is 2.14 bits per heavy atom. The van der Waals surface area contributed by atoms with E-state index in [4.69, 9.17) is 16.3 Å². The third-order valence-electron chi connectivity index (χ3n) is 4.55. The van der Waals surface area contributed by atoms with Crippen LogP contribution in [0.3, 0.4) is 0 Å². The van der Waals surface area contributed by atoms with Crippen LogP contribution in [0.15, 0.2) is 24.3 Å². The van der Waals surface area contributed by atoms with Crippen LogP contribution < -0.4 is 0 Å². The highest BCUT2D eigenvalue weighted by Gasteiger charge is 2.46. The first-order valence-corrected chi connectivity index (χ1v) is 7.81. The highest BCUT2D eigenvalue weighted by atomic mass is 35.5. The molecule has 0 spiro atoms. The number of ether oxygens (including phenoxy) is 1. The quantitative estimate of drug-likeness (QED) is 0.834. The zero-order valence-corrected chi connectivity index (χ0v) is 13.1. The first kappa shape index (κ1) is 14.8. The van der Waals surface area contributed by atoms with Crippen LogP contribution in [0.25, 0.3) is 0 Å². The van der Waals surface area contributed by atoms with Gasteiger partial charge >= 0.3 is 0 Å². The second kappa shape index (κ2) is 6.34. The fourth-order valence-corrected chi connectivity index (χ4v) is 3.52. The van der Waals surface area contributed by atoms with Crippen molar-refractivity contribution in [2.24, 2.45) is 5.92 Å². The van der Waals surface area contributed by atoms with Gasteiger partial charge in [-0.3, -0.25) is 9.69 Å². The van der Waals surface area contributed by atoms with Gasteiger partial charge in [-0.15, -0.1) is 0 Å². The van der Waals surface area contributed by atoms with Gasteiger partial charge in [0.1, 0.15) is 0 Å². The van der Waals surface area contributed by atoms with Gasteiger partial charge in [0.25, 0.3) is 0 Å². The number of hydrogen-bond donors (Lipinski definition) is 0. The van der Waals surface area contributed by atoms with Gasteiger partial charge in [-0.1, -0.05) is 29.8 Å². The van der Waals surface area contributed by atoms with E-state index in [9.17, 15) is 4.79 Å². The van der Waals surface area contributed by atoms with E-state index in [0.29, 0.717) is 25.0 Å². The van der Waals surface area contributed by atoms with Gasteiger partial charge in [0.05, 0.1) is 13.0 Å². The molecule has 1 aromatic carbocycles. The monoisotopic (exact) mass is 308 g/mol. The van der Waals surface area contributed by atoms with E-state index in [1.165, 1.54) is 5.56 Å². The molecule has 2 heterocycles. The smallest absolute Gasteiger partial charge is 0.224 e. The van der Waals surface area contributed by atoms with Gasteiger partial charge in [0, 0.05) is 50.3 Å². The van der Waals surface area contributed by atoms with Crippen LogP contribution in [0.2, 0.25) is 5.02 Å². The van der Waals surface area contributed by atoms with Crippen molar-refractivity contribution in [3.05, 3.63) is 34.9 Å². The van der Waals surface area contributed by atoms with E-state index in [1.807, 2.05) is 23.1 Å². The summed E-state index contributed by atoms with van der Waals surface area (Å²) in [6.07, 6.45) is 0.487. The molecule has 1 aromatic rings. The lowest BCUT2D eigenvalue weighted by molar-refractivity contribution is -0.131. The average molecular weight is 309 g/mol. The summed E-state index contributed by atoms with van der Waals surface area (Å²) in [5.74, 6) is 0.836. The number of hydrogen-bond acceptors (Lipinski definition) is 3. The minimum absolute atomic E-state index is 0.212. The largest absolute Gasteiger partial charge is 0.384 e. The van der Waals surface area contributed by atoms with Gasteiger partial charge in [-0.25, -0.2) is 0 Å². The summed E-state index contributed by atoms with van der Waals surface area (Å²) in [7, 11) is 1.63. The Bertz CT molecular complexity index is 523. The Morgan fingerprint density at radius 3 is 2.90 bits per heavy atom. The van der Waals surface area contributed by atoms with Crippen molar-refractivity contribution >= 4 is 17.5 Å². The summed E-state index contributed by atoms with van der Waals surface area (Å²) in [6.45, 7) is 4.18. The van der Waals surface area contributed by atoms with E-state index < -0.39 is 0 Å². The maximum atomic E-state index is 12.0. The average Bonchev–Trinajstić information content (AvgIpc) is 2.81. The number of rotatable bonds is 5. The van der Waals surface area contributed by atoms with Crippen molar-refractivity contribution in [3.63, 3.8) is 0 Å². The van der Waals surface area contributed by atoms with E-state index in [1.54, 1.807) is 7.11 Å². The number of fused-ring (bicyclic) bond motifs is 1. The zero-order chi connectivity index (χ0) is 14.8. The topological polar surface area (TPSA) is 32.8 Å². The third kappa shape index (κ3) is 3.07. The number of halogens is 1. The van der Waals surface area contributed by atoms with Gasteiger partial charge < -0.3 is 9.64 Å². The predicted octanol–water partition coefficient (Wildman–Crippen LogP) is 2.02. The van der Waals surface area contributed by atoms with Crippen molar-refractivity contribution in [2.75, 3.05) is 33.4 Å². The molecule has 0 aliphatic carbocycles. The highest BCUT2D eigenvalue weighted by Crippen LogP contribution is 2.34. The van der Waals surface area contributed by atoms with Gasteiger partial charge in [-0.05, 0) is 11.6 Å². The Morgan fingerprint density at radius 1 is 1.33 bits per heavy atom. The molecule has 4 nitrogen and oxygen atoms in total. The molecule has 2 saturated heterocycles. The molecule has 0 saturated carbocycles. The predicted molar refractivity (Wildman–Crippen MR) is 82.2 cm³/mol. The standard InChI is InChI=1S/C16H21ClN2O2/c1-21-7-6-16(20)19-10-13-9-18(15(13)11-19)8-12-4-2-3-5-14(12)17/h2-5,13,15H,6-11H2,1H3/t13-,15+/m1/s1. The Kier molecular flexibility index (Phi) is 4.48. The molecule has 114 valence electrons. The minimum atomic E-state index is 0.212. The molecule has 0 bridgehead atoms. The molecular formula is C16H21ClN2O2. The lowest BCUT2D eigenvalue weighted by Crippen LogP contribution is -2.54. The van der Waals surface area contributed by atoms with Crippen molar-refractivity contribution in [1.82, 2.24) is 9.80 Å². The number of carbonyl (C=O) groups excluding carboxylic acids is 1. The molecule has 2 atom stereocenters. The van der Waals surface area contributed by atoms with Crippen LogP contribution in [0.1, 0.15) is 12.0 Å². The first-order valence-electron chi connectivity index (χ1n) is 7.43. The molecule has 3 rings (SSSR count). The van der Waals surface area contributed by atoms with Crippen LogP contribution in [-0.4, -0.2) is 55.1 Å². The summed E-state index contributed by atoms with van der Waals surface area (Å²) < 4.78 is 4.98. The molecule has 21 heavy (non-hydrogen) atoms. The highest BCUT2D eigenvalue weighted by molar-refractivity contribution is 6.31. The van der Waals surface area contributed by atoms with E-state index in [-0.39, 0.29) is 5.91 Å². The summed E-state index contributed by atoms with van der Waals surface area (Å²) in [6, 6.07) is 8.48. The molecule has 2 fully saturated rings. The summed E-state index contributed by atoms with van der Waals surface area (Å²) in [4.78, 5) is 16.5. The molecule has 0 aromatic heterocycles. The van der Waals surface area contributed by atoms with E-state index >= 15 is 0 Å². The number of benzene rings is 1. The molecule has 0 N–H and O–H groups in total. The molecular weight excluding hydrogens is 288 g/mol. The van der Waals surface area contributed by atoms with Gasteiger partial charge in [0.2, 0.25) is 5.91 Å². The van der Waals surface area contributed by atoms with Crippen LogP contribution in [0, 0.1) is 5.92 Å². The number of amides is 1. The lowest BCUT2D eigenvalue weighted by atomic mass is 9.91. The first-order chi connectivity index (χ1) is 10.2. The van der Waals surface area contributed by atoms with Crippen molar-refractivity contribution in [3.8, 4) is 0 Å². The SMILES string of the molecule is COCCC(=O)N1C[C@H]2CN(Cc3ccccc3Cl)[C@H]2C1. The van der Waals surface area contributed by atoms with Crippen LogP contribution in [-0.2, 0) is 16.1 Å². The number of methoxy groups -OCH3 is 1. The van der Waals surface area contributed by atoms with Gasteiger partial charge in [-0.2, -0.15) is 0 Å². The summed E-state index contributed by atoms with van der Waals surface area (Å²) in [5.41, 5.74) is 1.17. The fraction of sp³-hybridized carbons (Fsp3) is 0.562. The van der Waals surface area contributed by atoms with Crippen LogP contribution in [0.5, 0.6) is 0 Å². The minimum Gasteiger partial charge on any atom is -0.384 e. The molecule has 2 aliphatic heterocycles. The van der Waals surface area contributed by atoms with Crippen molar-refractivity contribution in [2.45, 2.75) is 19.0 Å². The normalized spacial score (nSPS) is 24.8. The van der Waals surface area contributed by atoms with E-state index in [2.05, 4.69) is 11.0 Å². The summed E-state index contributed by atoms with van der Waals surface area (Å²) >= 11 is 6.22. The molecule has 0 unspecified atom stereocenters. The number of likely N-dealkylation sites (tertiary alicyclic amines) is 2. The van der Waals surface area contributed by atoms with Crippen molar-refractivity contribution in [1.29, 1.82) is 0 Å². The second-order valence-electron chi connectivity index (χ2n) is 5.89. The van der Waals surface area contributed by atoms with Crippen LogP contribution >= 0.6 is 11.6 Å². The van der Waals surface area contributed by atoms with Gasteiger partial charge in [0.15, 0.2) is 0 Å².